The summed E-state index contributed by atoms with van der Waals surface area (Å²) in [6, 6.07) is 34.1. The molecule has 0 saturated heterocycles. The van der Waals surface area contributed by atoms with E-state index in [1.165, 1.54) is 40.5 Å². The van der Waals surface area contributed by atoms with Crippen LogP contribution in [0.2, 0.25) is 0 Å². The molecule has 4 heteroatoms. The first-order valence-corrected chi connectivity index (χ1v) is 17.0. The monoisotopic (exact) mass is 616 g/mol. The summed E-state index contributed by atoms with van der Waals surface area (Å²) in [5.41, 5.74) is 8.71. The first kappa shape index (κ1) is 33.2. The van der Waals surface area contributed by atoms with Gasteiger partial charge in [-0.05, 0) is 122 Å². The van der Waals surface area contributed by atoms with Crippen LogP contribution in [0.15, 0.2) is 97.1 Å². The number of unbranched alkanes of at least 4 members (excludes halogenated alkanes) is 1. The molecule has 0 radical (unpaired) electrons. The first-order chi connectivity index (χ1) is 22.5. The maximum absolute atomic E-state index is 12.1. The number of methoxy groups -OCH3 is 1. The second-order valence-electron chi connectivity index (χ2n) is 12.7. The summed E-state index contributed by atoms with van der Waals surface area (Å²) in [6.07, 6.45) is 10.7. The zero-order valence-corrected chi connectivity index (χ0v) is 27.5. The minimum absolute atomic E-state index is 0.125. The molecule has 0 aromatic heterocycles. The minimum Gasteiger partial charge on any atom is -0.489 e. The van der Waals surface area contributed by atoms with Crippen molar-refractivity contribution >= 4 is 11.8 Å². The fourth-order valence-corrected chi connectivity index (χ4v) is 7.10. The van der Waals surface area contributed by atoms with Gasteiger partial charge in [0, 0.05) is 12.0 Å². The van der Waals surface area contributed by atoms with E-state index in [9.17, 15) is 9.59 Å². The number of ketones is 1. The van der Waals surface area contributed by atoms with Gasteiger partial charge in [0.1, 0.15) is 12.4 Å². The number of hydrogen-bond donors (Lipinski definition) is 0. The van der Waals surface area contributed by atoms with Crippen molar-refractivity contribution in [3.05, 3.63) is 136 Å². The van der Waals surface area contributed by atoms with Gasteiger partial charge in [0.25, 0.3) is 0 Å². The lowest BCUT2D eigenvalue weighted by Crippen LogP contribution is -2.20. The molecule has 4 aromatic carbocycles. The summed E-state index contributed by atoms with van der Waals surface area (Å²) >= 11 is 0. The van der Waals surface area contributed by atoms with Gasteiger partial charge in [0.05, 0.1) is 7.11 Å². The Hall–Kier alpha value is -4.18. The fourth-order valence-electron chi connectivity index (χ4n) is 7.10. The second-order valence-corrected chi connectivity index (χ2v) is 12.7. The number of hydrogen-bond acceptors (Lipinski definition) is 4. The molecular formula is C42H48O4. The molecule has 0 N–H and O–H groups in total. The third-order valence-electron chi connectivity index (χ3n) is 9.70. The van der Waals surface area contributed by atoms with Gasteiger partial charge in [-0.2, -0.15) is 0 Å². The number of carbonyl (C=O) groups excluding carboxylic acids is 2. The fraction of sp³-hybridized carbons (Fsp3) is 0.381. The molecule has 1 aliphatic carbocycles. The van der Waals surface area contributed by atoms with Gasteiger partial charge in [-0.3, -0.25) is 9.59 Å². The molecule has 2 unspecified atom stereocenters. The Balaban J connectivity index is 1.28. The Labute approximate surface area is 275 Å². The zero-order chi connectivity index (χ0) is 32.1. The van der Waals surface area contributed by atoms with E-state index in [0.29, 0.717) is 24.9 Å². The molecule has 5 rings (SSSR count). The molecule has 0 saturated carbocycles. The predicted molar refractivity (Wildman–Crippen MR) is 185 cm³/mol. The van der Waals surface area contributed by atoms with Crippen molar-refractivity contribution in [2.24, 2.45) is 5.92 Å². The van der Waals surface area contributed by atoms with Crippen LogP contribution in [0.25, 0.3) is 0 Å². The molecular weight excluding hydrogens is 568 g/mol. The molecule has 0 heterocycles. The van der Waals surface area contributed by atoms with E-state index in [1.807, 2.05) is 6.07 Å². The van der Waals surface area contributed by atoms with Gasteiger partial charge in [0.2, 0.25) is 0 Å². The van der Waals surface area contributed by atoms with Crippen molar-refractivity contribution in [2.45, 2.75) is 90.1 Å². The normalized spacial score (nSPS) is 14.7. The summed E-state index contributed by atoms with van der Waals surface area (Å²) in [6.45, 7) is 2.20. The third-order valence-corrected chi connectivity index (χ3v) is 9.70. The maximum atomic E-state index is 12.1. The number of aryl methyl sites for hydroxylation is 4. The molecule has 0 bridgehead atoms. The number of fused-ring (bicyclic) bond motifs is 1. The quantitative estimate of drug-likeness (QED) is 0.0715. The van der Waals surface area contributed by atoms with Gasteiger partial charge in [-0.1, -0.05) is 91.3 Å². The smallest absolute Gasteiger partial charge is 0.305 e. The molecule has 0 spiro atoms. The van der Waals surface area contributed by atoms with E-state index in [-0.39, 0.29) is 11.8 Å². The van der Waals surface area contributed by atoms with E-state index in [2.05, 4.69) is 91.0 Å². The summed E-state index contributed by atoms with van der Waals surface area (Å²) in [5, 5.41) is 0. The Morgan fingerprint density at radius 2 is 1.52 bits per heavy atom. The van der Waals surface area contributed by atoms with Crippen LogP contribution in [0.3, 0.4) is 0 Å². The number of rotatable bonds is 16. The van der Waals surface area contributed by atoms with Gasteiger partial charge < -0.3 is 9.47 Å². The van der Waals surface area contributed by atoms with Gasteiger partial charge in [-0.15, -0.1) is 0 Å². The lowest BCUT2D eigenvalue weighted by atomic mass is 9.72. The van der Waals surface area contributed by atoms with Crippen molar-refractivity contribution in [3.8, 4) is 5.75 Å². The Kier molecular flexibility index (Phi) is 12.2. The summed E-state index contributed by atoms with van der Waals surface area (Å²) in [5.74, 6) is 1.88. The first-order valence-electron chi connectivity index (χ1n) is 17.0. The Morgan fingerprint density at radius 1 is 0.783 bits per heavy atom. The number of Topliss-reactive ketones (excluding diaryl/α,β-unsaturated/α-hetero) is 1. The average molecular weight is 617 g/mol. The number of para-hydroxylation sites is 1. The lowest BCUT2D eigenvalue weighted by molar-refractivity contribution is -0.140. The summed E-state index contributed by atoms with van der Waals surface area (Å²) < 4.78 is 11.4. The molecule has 46 heavy (non-hydrogen) atoms. The van der Waals surface area contributed by atoms with Crippen molar-refractivity contribution in [1.29, 1.82) is 0 Å². The maximum Gasteiger partial charge on any atom is 0.305 e. The molecule has 0 fully saturated rings. The van der Waals surface area contributed by atoms with Crippen molar-refractivity contribution < 1.29 is 19.1 Å². The number of benzene rings is 4. The standard InChI is InChI=1S/C42H48O4/c1-31(43)36-27-28-40-37(29-36)19-12-20-39(40)34(16-9-11-22-42(44)45-2)25-26-35-17-8-10-21-41(35)46-30-38-18-7-6-15-33(38)24-23-32-13-4-3-5-14-32/h3-8,10,13-15,17-18,21,27-29,34,39H,9,11-12,16,19-20,22-26,30H2,1-2H3. The molecule has 0 amide bonds. The number of esters is 1. The largest absolute Gasteiger partial charge is 0.489 e. The van der Waals surface area contributed by atoms with Crippen molar-refractivity contribution in [1.82, 2.24) is 0 Å². The SMILES string of the molecule is COC(=O)CCCCC(CCc1ccccc1OCc1ccccc1CCc1ccccc1)C1CCCc2cc(C(C)=O)ccc21. The van der Waals surface area contributed by atoms with Crippen LogP contribution >= 0.6 is 0 Å². The van der Waals surface area contributed by atoms with E-state index >= 15 is 0 Å². The van der Waals surface area contributed by atoms with E-state index in [1.54, 1.807) is 6.92 Å². The van der Waals surface area contributed by atoms with Gasteiger partial charge in [0.15, 0.2) is 5.78 Å². The number of ether oxygens (including phenoxy) is 2. The Bertz CT molecular complexity index is 1570. The van der Waals surface area contributed by atoms with Gasteiger partial charge >= 0.3 is 5.97 Å². The topological polar surface area (TPSA) is 52.6 Å². The second kappa shape index (κ2) is 16.9. The van der Waals surface area contributed by atoms with Crippen LogP contribution in [-0.4, -0.2) is 18.9 Å². The molecule has 240 valence electrons. The van der Waals surface area contributed by atoms with E-state index in [4.69, 9.17) is 9.47 Å². The lowest BCUT2D eigenvalue weighted by Gasteiger charge is -2.33. The predicted octanol–water partition coefficient (Wildman–Crippen LogP) is 9.66. The highest BCUT2D eigenvalue weighted by atomic mass is 16.5. The molecule has 0 aliphatic heterocycles. The third kappa shape index (κ3) is 9.19. The van der Waals surface area contributed by atoms with Crippen LogP contribution in [-0.2, 0) is 41.8 Å². The highest BCUT2D eigenvalue weighted by molar-refractivity contribution is 5.94. The van der Waals surface area contributed by atoms with Crippen molar-refractivity contribution in [3.63, 3.8) is 0 Å². The van der Waals surface area contributed by atoms with Gasteiger partial charge in [-0.25, -0.2) is 0 Å². The highest BCUT2D eigenvalue weighted by Gasteiger charge is 2.28. The van der Waals surface area contributed by atoms with Crippen molar-refractivity contribution in [2.75, 3.05) is 7.11 Å². The zero-order valence-electron chi connectivity index (χ0n) is 27.5. The van der Waals surface area contributed by atoms with Crippen LogP contribution in [0.5, 0.6) is 5.75 Å². The Morgan fingerprint density at radius 3 is 2.30 bits per heavy atom. The van der Waals surface area contributed by atoms with Crippen LogP contribution in [0.1, 0.15) is 102 Å². The molecule has 4 nitrogen and oxygen atoms in total. The summed E-state index contributed by atoms with van der Waals surface area (Å²) in [4.78, 5) is 23.9. The molecule has 1 aliphatic rings. The van der Waals surface area contributed by atoms with Crippen LogP contribution < -0.4 is 4.74 Å². The molecule has 2 atom stereocenters. The number of carbonyl (C=O) groups is 2. The van der Waals surface area contributed by atoms with E-state index < -0.39 is 0 Å². The molecule has 4 aromatic rings. The summed E-state index contributed by atoms with van der Waals surface area (Å²) in [7, 11) is 1.46. The van der Waals surface area contributed by atoms with Crippen LogP contribution in [0.4, 0.5) is 0 Å². The minimum atomic E-state index is -0.135. The average Bonchev–Trinajstić information content (AvgIpc) is 3.10. The van der Waals surface area contributed by atoms with E-state index in [0.717, 1.165) is 75.5 Å². The highest BCUT2D eigenvalue weighted by Crippen LogP contribution is 2.42. The van der Waals surface area contributed by atoms with Crippen LogP contribution in [0, 0.1) is 5.92 Å².